The first kappa shape index (κ1) is 13.2. The lowest BCUT2D eigenvalue weighted by Gasteiger charge is -2.02. The van der Waals surface area contributed by atoms with Gasteiger partial charge in [0.1, 0.15) is 0 Å². The van der Waals surface area contributed by atoms with Gasteiger partial charge in [-0.2, -0.15) is 0 Å². The van der Waals surface area contributed by atoms with Crippen LogP contribution in [0.1, 0.15) is 39.3 Å². The summed E-state index contributed by atoms with van der Waals surface area (Å²) in [6, 6.07) is 0. The van der Waals surface area contributed by atoms with Crippen LogP contribution in [0.25, 0.3) is 0 Å². The van der Waals surface area contributed by atoms with Crippen LogP contribution in [0.3, 0.4) is 0 Å². The van der Waals surface area contributed by atoms with Gasteiger partial charge in [0.05, 0.1) is 5.69 Å². The number of hydrogen-bond acceptors (Lipinski definition) is 3. The van der Waals surface area contributed by atoms with Gasteiger partial charge in [0, 0.05) is 12.7 Å². The van der Waals surface area contributed by atoms with Crippen molar-refractivity contribution < 1.29 is 0 Å². The molecule has 1 aromatic heterocycles. The predicted molar refractivity (Wildman–Crippen MR) is 66.3 cm³/mol. The van der Waals surface area contributed by atoms with Crippen molar-refractivity contribution in [3.05, 3.63) is 11.9 Å². The molecule has 0 atom stereocenters. The summed E-state index contributed by atoms with van der Waals surface area (Å²) < 4.78 is 1.94. The molecule has 0 unspecified atom stereocenters. The van der Waals surface area contributed by atoms with Crippen LogP contribution in [-0.2, 0) is 13.0 Å². The van der Waals surface area contributed by atoms with E-state index < -0.39 is 0 Å². The zero-order chi connectivity index (χ0) is 11.8. The van der Waals surface area contributed by atoms with Crippen molar-refractivity contribution >= 4 is 0 Å². The quantitative estimate of drug-likeness (QED) is 0.685. The molecule has 0 saturated heterocycles. The first-order chi connectivity index (χ1) is 7.72. The highest BCUT2D eigenvalue weighted by atomic mass is 15.4. The minimum atomic E-state index is 0.626. The molecule has 4 nitrogen and oxygen atoms in total. The van der Waals surface area contributed by atoms with Gasteiger partial charge in [-0.15, -0.1) is 5.10 Å². The van der Waals surface area contributed by atoms with Crippen molar-refractivity contribution in [1.82, 2.24) is 20.3 Å². The summed E-state index contributed by atoms with van der Waals surface area (Å²) in [5.41, 5.74) is 1.11. The van der Waals surface area contributed by atoms with Crippen LogP contribution in [0, 0.1) is 5.92 Å². The standard InChI is InChI=1S/C12H24N4/c1-4-7-13-8-5-6-12-10-16(15-14-12)9-11(2)3/h10-11,13H,4-9H2,1-3H3. The molecule has 92 valence electrons. The molecule has 0 aliphatic rings. The molecule has 1 rings (SSSR count). The Bertz CT molecular complexity index is 280. The fraction of sp³-hybridized carbons (Fsp3) is 0.833. The third-order valence-electron chi connectivity index (χ3n) is 2.35. The normalized spacial score (nSPS) is 11.2. The van der Waals surface area contributed by atoms with Gasteiger partial charge in [-0.3, -0.25) is 4.68 Å². The van der Waals surface area contributed by atoms with E-state index in [-0.39, 0.29) is 0 Å². The van der Waals surface area contributed by atoms with Gasteiger partial charge in [0.25, 0.3) is 0 Å². The first-order valence-corrected chi connectivity index (χ1v) is 6.32. The predicted octanol–water partition coefficient (Wildman–Crippen LogP) is 1.87. The van der Waals surface area contributed by atoms with Gasteiger partial charge in [-0.1, -0.05) is 26.0 Å². The maximum atomic E-state index is 4.17. The summed E-state index contributed by atoms with van der Waals surface area (Å²) in [4.78, 5) is 0. The first-order valence-electron chi connectivity index (χ1n) is 6.32. The summed E-state index contributed by atoms with van der Waals surface area (Å²) in [6.45, 7) is 9.71. The Hall–Kier alpha value is -0.900. The van der Waals surface area contributed by atoms with Crippen LogP contribution in [0.4, 0.5) is 0 Å². The van der Waals surface area contributed by atoms with Crippen molar-refractivity contribution in [2.75, 3.05) is 13.1 Å². The monoisotopic (exact) mass is 224 g/mol. The van der Waals surface area contributed by atoms with Crippen LogP contribution in [0.15, 0.2) is 6.20 Å². The molecule has 1 heterocycles. The third kappa shape index (κ3) is 5.26. The molecule has 1 N–H and O–H groups in total. The highest BCUT2D eigenvalue weighted by molar-refractivity contribution is 4.92. The summed E-state index contributed by atoms with van der Waals surface area (Å²) >= 11 is 0. The summed E-state index contributed by atoms with van der Waals surface area (Å²) in [6.07, 6.45) is 5.43. The second kappa shape index (κ2) is 7.39. The van der Waals surface area contributed by atoms with E-state index in [0.717, 1.165) is 38.2 Å². The SMILES string of the molecule is CCCNCCCc1cn(CC(C)C)nn1. The van der Waals surface area contributed by atoms with Gasteiger partial charge in [-0.25, -0.2) is 0 Å². The number of aromatic nitrogens is 3. The van der Waals surface area contributed by atoms with Crippen LogP contribution in [0.5, 0.6) is 0 Å². The van der Waals surface area contributed by atoms with Crippen LogP contribution in [0.2, 0.25) is 0 Å². The lowest BCUT2D eigenvalue weighted by Crippen LogP contribution is -2.16. The highest BCUT2D eigenvalue weighted by Gasteiger charge is 2.02. The molecule has 0 radical (unpaired) electrons. The van der Waals surface area contributed by atoms with Crippen LogP contribution in [-0.4, -0.2) is 28.1 Å². The lowest BCUT2D eigenvalue weighted by atomic mass is 10.2. The topological polar surface area (TPSA) is 42.7 Å². The Morgan fingerprint density at radius 3 is 2.88 bits per heavy atom. The molecule has 0 bridgehead atoms. The maximum absolute atomic E-state index is 4.17. The number of nitrogens with zero attached hydrogens (tertiary/aromatic N) is 3. The van der Waals surface area contributed by atoms with Crippen molar-refractivity contribution in [3.63, 3.8) is 0 Å². The molecule has 4 heteroatoms. The van der Waals surface area contributed by atoms with E-state index in [9.17, 15) is 0 Å². The van der Waals surface area contributed by atoms with E-state index in [1.165, 1.54) is 6.42 Å². The number of aryl methyl sites for hydroxylation is 1. The second-order valence-corrected chi connectivity index (χ2v) is 4.68. The third-order valence-corrected chi connectivity index (χ3v) is 2.35. The van der Waals surface area contributed by atoms with E-state index in [2.05, 4.69) is 42.6 Å². The molecule has 0 aliphatic carbocycles. The Balaban J connectivity index is 2.19. The Morgan fingerprint density at radius 1 is 1.38 bits per heavy atom. The molecule has 0 aliphatic heterocycles. The van der Waals surface area contributed by atoms with Gasteiger partial charge in [-0.05, 0) is 38.3 Å². The van der Waals surface area contributed by atoms with Crippen molar-refractivity contribution in [3.8, 4) is 0 Å². The zero-order valence-electron chi connectivity index (χ0n) is 10.7. The fourth-order valence-corrected chi connectivity index (χ4v) is 1.61. The Labute approximate surface area is 98.4 Å². The average Bonchev–Trinajstić information content (AvgIpc) is 2.64. The number of hydrogen-bond donors (Lipinski definition) is 1. The smallest absolute Gasteiger partial charge is 0.0827 e. The molecule has 0 saturated carbocycles. The maximum Gasteiger partial charge on any atom is 0.0827 e. The Kier molecular flexibility index (Phi) is 6.08. The van der Waals surface area contributed by atoms with Crippen LogP contribution >= 0.6 is 0 Å². The van der Waals surface area contributed by atoms with Crippen molar-refractivity contribution in [1.29, 1.82) is 0 Å². The molecule has 16 heavy (non-hydrogen) atoms. The van der Waals surface area contributed by atoms with E-state index in [4.69, 9.17) is 0 Å². The largest absolute Gasteiger partial charge is 0.317 e. The number of nitrogens with one attached hydrogen (secondary N) is 1. The van der Waals surface area contributed by atoms with Gasteiger partial charge < -0.3 is 5.32 Å². The zero-order valence-corrected chi connectivity index (χ0v) is 10.7. The van der Waals surface area contributed by atoms with Gasteiger partial charge in [0.15, 0.2) is 0 Å². The van der Waals surface area contributed by atoms with Crippen molar-refractivity contribution in [2.24, 2.45) is 5.92 Å². The molecule has 0 amide bonds. The fourth-order valence-electron chi connectivity index (χ4n) is 1.61. The Morgan fingerprint density at radius 2 is 2.19 bits per heavy atom. The molecule has 0 fully saturated rings. The molecule has 0 spiro atoms. The minimum Gasteiger partial charge on any atom is -0.317 e. The van der Waals surface area contributed by atoms with E-state index >= 15 is 0 Å². The van der Waals surface area contributed by atoms with E-state index in [0.29, 0.717) is 5.92 Å². The van der Waals surface area contributed by atoms with Crippen LogP contribution < -0.4 is 5.32 Å². The molecule has 1 aromatic rings. The molecule has 0 aromatic carbocycles. The highest BCUT2D eigenvalue weighted by Crippen LogP contribution is 2.01. The minimum absolute atomic E-state index is 0.626. The summed E-state index contributed by atoms with van der Waals surface area (Å²) in [7, 11) is 0. The van der Waals surface area contributed by atoms with Gasteiger partial charge >= 0.3 is 0 Å². The average molecular weight is 224 g/mol. The van der Waals surface area contributed by atoms with E-state index in [1.54, 1.807) is 0 Å². The van der Waals surface area contributed by atoms with Gasteiger partial charge in [0.2, 0.25) is 0 Å². The molecular formula is C12H24N4. The number of rotatable bonds is 8. The lowest BCUT2D eigenvalue weighted by molar-refractivity contribution is 0.472. The molecular weight excluding hydrogens is 200 g/mol. The van der Waals surface area contributed by atoms with Crippen molar-refractivity contribution in [2.45, 2.75) is 46.6 Å². The van der Waals surface area contributed by atoms with E-state index in [1.807, 2.05) is 4.68 Å². The summed E-state index contributed by atoms with van der Waals surface area (Å²) in [5.74, 6) is 0.626. The second-order valence-electron chi connectivity index (χ2n) is 4.68. The summed E-state index contributed by atoms with van der Waals surface area (Å²) in [5, 5.41) is 11.7.